The van der Waals surface area contributed by atoms with Crippen LogP contribution in [0.15, 0.2) is 58.5 Å². The van der Waals surface area contributed by atoms with Crippen LogP contribution in [0, 0.1) is 0 Å². The van der Waals surface area contributed by atoms with Crippen LogP contribution in [0.4, 0.5) is 11.4 Å². The summed E-state index contributed by atoms with van der Waals surface area (Å²) in [6.07, 6.45) is 0. The van der Waals surface area contributed by atoms with Crippen molar-refractivity contribution in [3.63, 3.8) is 0 Å². The van der Waals surface area contributed by atoms with E-state index in [9.17, 15) is 9.90 Å². The van der Waals surface area contributed by atoms with Gasteiger partial charge in [-0.15, -0.1) is 0 Å². The molecule has 0 aliphatic carbocycles. The van der Waals surface area contributed by atoms with Crippen LogP contribution in [0.1, 0.15) is 10.4 Å². The number of para-hydroxylation sites is 2. The van der Waals surface area contributed by atoms with Crippen LogP contribution >= 0.6 is 0 Å². The van der Waals surface area contributed by atoms with Gasteiger partial charge in [0, 0.05) is 7.05 Å². The lowest BCUT2D eigenvalue weighted by Crippen LogP contribution is -2.30. The first-order chi connectivity index (χ1) is 11.0. The molecule has 0 unspecified atom stereocenters. The second-order valence-electron chi connectivity index (χ2n) is 4.58. The van der Waals surface area contributed by atoms with Gasteiger partial charge in [-0.25, -0.2) is 9.98 Å². The molecule has 0 bridgehead atoms. The fourth-order valence-corrected chi connectivity index (χ4v) is 1.83. The Morgan fingerprint density at radius 3 is 2.30 bits per heavy atom. The first-order valence-corrected chi connectivity index (χ1v) is 6.80. The number of carbonyl (C=O) groups is 1. The Morgan fingerprint density at radius 1 is 1.00 bits per heavy atom. The number of amidine groups is 2. The Hall–Kier alpha value is -3.35. The van der Waals surface area contributed by atoms with Gasteiger partial charge >= 0.3 is 0 Å². The van der Waals surface area contributed by atoms with E-state index in [-0.39, 0.29) is 28.7 Å². The molecule has 0 aromatic heterocycles. The van der Waals surface area contributed by atoms with Crippen molar-refractivity contribution < 1.29 is 9.90 Å². The number of carbonyl (C=O) groups excluding carboxylic acids is 1. The number of rotatable bonds is 3. The Morgan fingerprint density at radius 2 is 1.65 bits per heavy atom. The molecule has 7 heteroatoms. The van der Waals surface area contributed by atoms with Crippen molar-refractivity contribution in [2.75, 3.05) is 7.05 Å². The molecule has 0 spiro atoms. The van der Waals surface area contributed by atoms with Crippen molar-refractivity contribution in [3.8, 4) is 5.75 Å². The standard InChI is InChI=1S/C16H17N5O2/c1-19-16(23)11-8-5-9-12(13(11)22)21-15(18)14(17)20-10-6-3-2-4-7-10/h2-9,22H,1H3,(H2,17,20)(H2,18,21)(H,19,23). The van der Waals surface area contributed by atoms with E-state index in [1.54, 1.807) is 18.2 Å². The van der Waals surface area contributed by atoms with Crippen molar-refractivity contribution in [3.05, 3.63) is 54.1 Å². The number of amides is 1. The quantitative estimate of drug-likeness (QED) is 0.505. The van der Waals surface area contributed by atoms with E-state index in [0.29, 0.717) is 5.69 Å². The molecule has 0 fully saturated rings. The number of aliphatic imine (C=N–C) groups is 2. The predicted octanol–water partition coefficient (Wildman–Crippen LogP) is 1.43. The highest BCUT2D eigenvalue weighted by Crippen LogP contribution is 2.30. The van der Waals surface area contributed by atoms with Gasteiger partial charge in [-0.05, 0) is 24.3 Å². The second kappa shape index (κ2) is 7.08. The Labute approximate surface area is 133 Å². The molecule has 0 heterocycles. The van der Waals surface area contributed by atoms with Crippen molar-refractivity contribution >= 4 is 29.0 Å². The van der Waals surface area contributed by atoms with Crippen LogP contribution in [0.3, 0.4) is 0 Å². The molecular formula is C16H17N5O2. The molecule has 2 aromatic carbocycles. The normalized spacial score (nSPS) is 12.0. The van der Waals surface area contributed by atoms with Gasteiger partial charge in [-0.3, -0.25) is 4.79 Å². The van der Waals surface area contributed by atoms with Crippen molar-refractivity contribution in [1.82, 2.24) is 5.32 Å². The molecule has 0 aliphatic rings. The average molecular weight is 311 g/mol. The third kappa shape index (κ3) is 3.85. The molecular weight excluding hydrogens is 294 g/mol. The molecule has 23 heavy (non-hydrogen) atoms. The van der Waals surface area contributed by atoms with E-state index in [1.807, 2.05) is 18.2 Å². The van der Waals surface area contributed by atoms with Gasteiger partial charge in [-0.2, -0.15) is 0 Å². The zero-order valence-electron chi connectivity index (χ0n) is 12.5. The van der Waals surface area contributed by atoms with Gasteiger partial charge in [-0.1, -0.05) is 24.3 Å². The van der Waals surface area contributed by atoms with Crippen LogP contribution in [0.2, 0.25) is 0 Å². The summed E-state index contributed by atoms with van der Waals surface area (Å²) in [6.45, 7) is 0. The number of aromatic hydroxyl groups is 1. The first kappa shape index (κ1) is 16.0. The molecule has 6 N–H and O–H groups in total. The molecule has 7 nitrogen and oxygen atoms in total. The van der Waals surface area contributed by atoms with Gasteiger partial charge < -0.3 is 21.9 Å². The summed E-state index contributed by atoms with van der Waals surface area (Å²) in [5, 5.41) is 12.5. The lowest BCUT2D eigenvalue weighted by atomic mass is 10.1. The maximum absolute atomic E-state index is 11.6. The van der Waals surface area contributed by atoms with Gasteiger partial charge in [0.2, 0.25) is 0 Å². The summed E-state index contributed by atoms with van der Waals surface area (Å²) in [5.74, 6) is -0.745. The number of nitrogens with two attached hydrogens (primary N) is 2. The van der Waals surface area contributed by atoms with Crippen LogP contribution in [0.5, 0.6) is 5.75 Å². The zero-order chi connectivity index (χ0) is 16.8. The first-order valence-electron chi connectivity index (χ1n) is 6.80. The lowest BCUT2D eigenvalue weighted by Gasteiger charge is -2.06. The number of nitrogens with one attached hydrogen (secondary N) is 1. The van der Waals surface area contributed by atoms with Crippen LogP contribution in [-0.2, 0) is 0 Å². The second-order valence-corrected chi connectivity index (χ2v) is 4.58. The Balaban J connectivity index is 2.34. The zero-order valence-corrected chi connectivity index (χ0v) is 12.5. The minimum absolute atomic E-state index is 0.0148. The van der Waals surface area contributed by atoms with E-state index >= 15 is 0 Å². The fourth-order valence-electron chi connectivity index (χ4n) is 1.83. The molecule has 0 atom stereocenters. The molecule has 0 saturated heterocycles. The summed E-state index contributed by atoms with van der Waals surface area (Å²) >= 11 is 0. The van der Waals surface area contributed by atoms with Gasteiger partial charge in [0.15, 0.2) is 17.4 Å². The average Bonchev–Trinajstić information content (AvgIpc) is 2.57. The number of benzene rings is 2. The minimum atomic E-state index is -0.427. The molecule has 0 saturated carbocycles. The predicted molar refractivity (Wildman–Crippen MR) is 90.5 cm³/mol. The number of hydrogen-bond acceptors (Lipinski definition) is 4. The molecule has 118 valence electrons. The summed E-state index contributed by atoms with van der Waals surface area (Å²) in [6, 6.07) is 13.6. The smallest absolute Gasteiger partial charge is 0.254 e. The highest BCUT2D eigenvalue weighted by Gasteiger charge is 2.13. The monoisotopic (exact) mass is 311 g/mol. The fraction of sp³-hybridized carbons (Fsp3) is 0.0625. The van der Waals surface area contributed by atoms with Crippen molar-refractivity contribution in [2.45, 2.75) is 0 Å². The van der Waals surface area contributed by atoms with Crippen molar-refractivity contribution in [1.29, 1.82) is 0 Å². The summed E-state index contributed by atoms with van der Waals surface area (Å²) in [5.41, 5.74) is 12.5. The van der Waals surface area contributed by atoms with Crippen LogP contribution in [-0.4, -0.2) is 29.7 Å². The molecule has 2 rings (SSSR count). The molecule has 0 radical (unpaired) electrons. The van der Waals surface area contributed by atoms with Crippen molar-refractivity contribution in [2.24, 2.45) is 21.5 Å². The third-order valence-corrected chi connectivity index (χ3v) is 3.00. The van der Waals surface area contributed by atoms with Gasteiger partial charge in [0.1, 0.15) is 5.69 Å². The Kier molecular flexibility index (Phi) is 4.93. The third-order valence-electron chi connectivity index (χ3n) is 3.00. The maximum atomic E-state index is 11.6. The van der Waals surface area contributed by atoms with Crippen LogP contribution in [0.25, 0.3) is 0 Å². The summed E-state index contributed by atoms with van der Waals surface area (Å²) in [7, 11) is 1.47. The highest BCUT2D eigenvalue weighted by atomic mass is 16.3. The maximum Gasteiger partial charge on any atom is 0.254 e. The van der Waals surface area contributed by atoms with E-state index in [4.69, 9.17) is 11.5 Å². The number of hydrogen-bond donors (Lipinski definition) is 4. The Bertz CT molecular complexity index is 769. The molecule has 1 amide bonds. The number of nitrogens with zero attached hydrogens (tertiary/aromatic N) is 2. The lowest BCUT2D eigenvalue weighted by molar-refractivity contribution is 0.0960. The highest BCUT2D eigenvalue weighted by molar-refractivity contribution is 6.40. The van der Waals surface area contributed by atoms with Gasteiger partial charge in [0.05, 0.1) is 11.3 Å². The van der Waals surface area contributed by atoms with E-state index < -0.39 is 5.91 Å². The number of phenols is 1. The SMILES string of the molecule is CNC(=O)c1cccc(N=C(N)C(N)=Nc2ccccc2)c1O. The summed E-state index contributed by atoms with van der Waals surface area (Å²) < 4.78 is 0. The van der Waals surface area contributed by atoms with Gasteiger partial charge in [0.25, 0.3) is 5.91 Å². The molecule has 2 aromatic rings. The topological polar surface area (TPSA) is 126 Å². The number of phenolic OH excluding ortho intramolecular Hbond substituents is 1. The van der Waals surface area contributed by atoms with E-state index in [2.05, 4.69) is 15.3 Å². The van der Waals surface area contributed by atoms with E-state index in [0.717, 1.165) is 0 Å². The minimum Gasteiger partial charge on any atom is -0.505 e. The largest absolute Gasteiger partial charge is 0.505 e. The molecule has 0 aliphatic heterocycles. The van der Waals surface area contributed by atoms with Crippen LogP contribution < -0.4 is 16.8 Å². The van der Waals surface area contributed by atoms with E-state index in [1.165, 1.54) is 19.2 Å². The summed E-state index contributed by atoms with van der Waals surface area (Å²) in [4.78, 5) is 19.8.